The lowest BCUT2D eigenvalue weighted by Crippen LogP contribution is -2.17. The number of aryl methyl sites for hydroxylation is 1. The van der Waals surface area contributed by atoms with Gasteiger partial charge >= 0.3 is 6.18 Å². The Balaban J connectivity index is 1.86. The highest BCUT2D eigenvalue weighted by Gasteiger charge is 2.27. The Bertz CT molecular complexity index is 1140. The molecule has 1 N–H and O–H groups in total. The number of alkyl halides is 3. The number of hydrogen-bond acceptors (Lipinski definition) is 8. The van der Waals surface area contributed by atoms with E-state index in [0.717, 1.165) is 16.8 Å². The standard InChI is InChI=1S/C23H24F3N5O3/c1-4-33-8-7-18-10-19(13-34-14-23(24,25)26)30-22(29-18)28-17-5-6-20(21(11-17)32-3)16-9-15(2)31-27-12-16/h5-12H,4,13-14H2,1-3H3,(H,28,29,30). The van der Waals surface area contributed by atoms with E-state index in [1.165, 1.54) is 12.3 Å². The number of methoxy groups -OCH3 is 1. The number of anilines is 2. The van der Waals surface area contributed by atoms with Crippen LogP contribution in [0.3, 0.4) is 0 Å². The maximum Gasteiger partial charge on any atom is 0.411 e. The Hall–Kier alpha value is -3.73. The lowest BCUT2D eigenvalue weighted by Gasteiger charge is -2.13. The number of nitrogens with zero attached hydrogens (tertiary/aromatic N) is 4. The zero-order chi connectivity index (χ0) is 24.6. The van der Waals surface area contributed by atoms with Crippen LogP contribution in [0, 0.1) is 6.92 Å². The second-order valence-electron chi connectivity index (χ2n) is 7.10. The maximum atomic E-state index is 12.4. The molecule has 3 aromatic rings. The molecule has 8 nitrogen and oxygen atoms in total. The van der Waals surface area contributed by atoms with E-state index in [2.05, 4.69) is 25.5 Å². The van der Waals surface area contributed by atoms with Crippen molar-refractivity contribution in [2.24, 2.45) is 0 Å². The van der Waals surface area contributed by atoms with Gasteiger partial charge in [-0.2, -0.15) is 23.4 Å². The van der Waals surface area contributed by atoms with Crippen molar-refractivity contribution in [2.45, 2.75) is 26.6 Å². The van der Waals surface area contributed by atoms with Gasteiger partial charge in [0.1, 0.15) is 12.4 Å². The normalized spacial score (nSPS) is 11.6. The van der Waals surface area contributed by atoms with Gasteiger partial charge in [0.05, 0.1) is 49.9 Å². The van der Waals surface area contributed by atoms with Gasteiger partial charge in [0.15, 0.2) is 0 Å². The lowest BCUT2D eigenvalue weighted by molar-refractivity contribution is -0.176. The van der Waals surface area contributed by atoms with Crippen molar-refractivity contribution in [3.05, 3.63) is 59.9 Å². The molecule has 2 aromatic heterocycles. The van der Waals surface area contributed by atoms with E-state index in [4.69, 9.17) is 14.2 Å². The Labute approximate surface area is 194 Å². The first-order valence-electron chi connectivity index (χ1n) is 10.3. The van der Waals surface area contributed by atoms with Crippen molar-refractivity contribution in [1.29, 1.82) is 0 Å². The predicted molar refractivity (Wildman–Crippen MR) is 120 cm³/mol. The first-order valence-corrected chi connectivity index (χ1v) is 10.3. The van der Waals surface area contributed by atoms with Gasteiger partial charge < -0.3 is 19.5 Å². The second kappa shape index (κ2) is 11.4. The lowest BCUT2D eigenvalue weighted by atomic mass is 10.1. The smallest absolute Gasteiger partial charge is 0.411 e. The average Bonchev–Trinajstić information content (AvgIpc) is 2.78. The number of rotatable bonds is 10. The average molecular weight is 475 g/mol. The zero-order valence-electron chi connectivity index (χ0n) is 18.9. The Morgan fingerprint density at radius 2 is 1.94 bits per heavy atom. The first kappa shape index (κ1) is 24.9. The summed E-state index contributed by atoms with van der Waals surface area (Å²) in [4.78, 5) is 8.65. The Morgan fingerprint density at radius 3 is 2.65 bits per heavy atom. The summed E-state index contributed by atoms with van der Waals surface area (Å²) in [5, 5.41) is 11.0. The first-order chi connectivity index (χ1) is 16.3. The summed E-state index contributed by atoms with van der Waals surface area (Å²) in [5.74, 6) is 0.763. The number of nitrogens with one attached hydrogen (secondary N) is 1. The highest BCUT2D eigenvalue weighted by atomic mass is 19.4. The molecular formula is C23H24F3N5O3. The molecule has 34 heavy (non-hydrogen) atoms. The fourth-order valence-corrected chi connectivity index (χ4v) is 2.98. The van der Waals surface area contributed by atoms with E-state index in [9.17, 15) is 13.2 Å². The highest BCUT2D eigenvalue weighted by molar-refractivity contribution is 5.74. The minimum atomic E-state index is -4.42. The van der Waals surface area contributed by atoms with Gasteiger partial charge in [-0.3, -0.25) is 0 Å². The quantitative estimate of drug-likeness (QED) is 0.406. The van der Waals surface area contributed by atoms with Crippen LogP contribution in [-0.4, -0.2) is 46.7 Å². The molecule has 0 unspecified atom stereocenters. The van der Waals surface area contributed by atoms with Crippen LogP contribution in [0.4, 0.5) is 24.8 Å². The van der Waals surface area contributed by atoms with E-state index >= 15 is 0 Å². The van der Waals surface area contributed by atoms with Gasteiger partial charge in [-0.05, 0) is 44.2 Å². The molecule has 0 fully saturated rings. The molecule has 0 saturated heterocycles. The van der Waals surface area contributed by atoms with Gasteiger partial charge in [-0.25, -0.2) is 9.97 Å². The summed E-state index contributed by atoms with van der Waals surface area (Å²) >= 11 is 0. The van der Waals surface area contributed by atoms with Crippen LogP contribution in [0.1, 0.15) is 24.0 Å². The second-order valence-corrected chi connectivity index (χ2v) is 7.10. The molecule has 0 amide bonds. The fraction of sp³-hybridized carbons (Fsp3) is 0.304. The van der Waals surface area contributed by atoms with Crippen molar-refractivity contribution >= 4 is 17.7 Å². The minimum Gasteiger partial charge on any atom is -0.501 e. The number of halogens is 3. The molecule has 11 heteroatoms. The van der Waals surface area contributed by atoms with Crippen LogP contribution in [-0.2, 0) is 16.1 Å². The Kier molecular flexibility index (Phi) is 8.36. The summed E-state index contributed by atoms with van der Waals surface area (Å²) in [5.41, 5.74) is 3.78. The number of hydrogen-bond donors (Lipinski definition) is 1. The summed E-state index contributed by atoms with van der Waals surface area (Å²) in [6, 6.07) is 8.84. The summed E-state index contributed by atoms with van der Waals surface area (Å²) < 4.78 is 52.8. The summed E-state index contributed by atoms with van der Waals surface area (Å²) in [7, 11) is 1.55. The van der Waals surface area contributed by atoms with Crippen LogP contribution in [0.5, 0.6) is 5.75 Å². The number of benzene rings is 1. The highest BCUT2D eigenvalue weighted by Crippen LogP contribution is 2.33. The molecule has 180 valence electrons. The molecule has 0 spiro atoms. The summed E-state index contributed by atoms with van der Waals surface area (Å²) in [6.45, 7) is 2.44. The Morgan fingerprint density at radius 1 is 1.12 bits per heavy atom. The van der Waals surface area contributed by atoms with Crippen LogP contribution in [0.25, 0.3) is 17.2 Å². The molecular weight excluding hydrogens is 451 g/mol. The van der Waals surface area contributed by atoms with Crippen molar-refractivity contribution in [1.82, 2.24) is 20.2 Å². The van der Waals surface area contributed by atoms with Gasteiger partial charge in [-0.1, -0.05) is 0 Å². The third-order valence-electron chi connectivity index (χ3n) is 4.36. The largest absolute Gasteiger partial charge is 0.501 e. The molecule has 0 bridgehead atoms. The molecule has 0 aliphatic rings. The molecule has 1 aromatic carbocycles. The monoisotopic (exact) mass is 475 g/mol. The molecule has 0 saturated carbocycles. The SMILES string of the molecule is CCOC=Cc1cc(COCC(F)(F)F)nc(Nc2ccc(-c3cnnc(C)c3)c(OC)c2)n1. The van der Waals surface area contributed by atoms with Gasteiger partial charge in [0.25, 0.3) is 0 Å². The van der Waals surface area contributed by atoms with E-state index in [1.807, 2.05) is 26.0 Å². The van der Waals surface area contributed by atoms with Crippen LogP contribution < -0.4 is 10.1 Å². The van der Waals surface area contributed by atoms with Crippen molar-refractivity contribution in [3.8, 4) is 16.9 Å². The van der Waals surface area contributed by atoms with E-state index in [1.54, 1.807) is 31.5 Å². The molecule has 0 atom stereocenters. The fourth-order valence-electron chi connectivity index (χ4n) is 2.98. The third-order valence-corrected chi connectivity index (χ3v) is 4.36. The third kappa shape index (κ3) is 7.41. The topological polar surface area (TPSA) is 91.3 Å². The predicted octanol–water partition coefficient (Wildman–Crippen LogP) is 5.08. The molecule has 2 heterocycles. The van der Waals surface area contributed by atoms with Crippen molar-refractivity contribution in [3.63, 3.8) is 0 Å². The van der Waals surface area contributed by atoms with Crippen LogP contribution in [0.2, 0.25) is 0 Å². The minimum absolute atomic E-state index is 0.181. The zero-order valence-corrected chi connectivity index (χ0v) is 18.9. The van der Waals surface area contributed by atoms with Crippen LogP contribution in [0.15, 0.2) is 42.8 Å². The summed E-state index contributed by atoms with van der Waals surface area (Å²) in [6.07, 6.45) is 0.260. The van der Waals surface area contributed by atoms with E-state index in [0.29, 0.717) is 23.7 Å². The maximum absolute atomic E-state index is 12.4. The van der Waals surface area contributed by atoms with Gasteiger partial charge in [0.2, 0.25) is 5.95 Å². The molecule has 0 aliphatic carbocycles. The number of aromatic nitrogens is 4. The molecule has 0 radical (unpaired) electrons. The van der Waals surface area contributed by atoms with Crippen molar-refractivity contribution < 1.29 is 27.4 Å². The van der Waals surface area contributed by atoms with E-state index in [-0.39, 0.29) is 18.2 Å². The van der Waals surface area contributed by atoms with Gasteiger partial charge in [0, 0.05) is 22.9 Å². The van der Waals surface area contributed by atoms with Crippen molar-refractivity contribution in [2.75, 3.05) is 25.6 Å². The molecule has 0 aliphatic heterocycles. The van der Waals surface area contributed by atoms with Crippen LogP contribution >= 0.6 is 0 Å². The van der Waals surface area contributed by atoms with E-state index < -0.39 is 12.8 Å². The molecule has 3 rings (SSSR count). The van der Waals surface area contributed by atoms with Gasteiger partial charge in [-0.15, -0.1) is 0 Å². The number of ether oxygens (including phenoxy) is 3.